The summed E-state index contributed by atoms with van der Waals surface area (Å²) in [6.07, 6.45) is 1.60. The van der Waals surface area contributed by atoms with Crippen LogP contribution in [0.2, 0.25) is 0 Å². The number of aromatic nitrogens is 1. The van der Waals surface area contributed by atoms with Crippen LogP contribution in [0.1, 0.15) is 6.92 Å². The third-order valence-corrected chi connectivity index (χ3v) is 1.98. The van der Waals surface area contributed by atoms with E-state index in [1.165, 1.54) is 0 Å². The Bertz CT molecular complexity index is 324. The molecular weight excluding hydrogens is 196 g/mol. The lowest BCUT2D eigenvalue weighted by Gasteiger charge is -2.09. The molecule has 0 aliphatic heterocycles. The molecule has 0 spiro atoms. The van der Waals surface area contributed by atoms with E-state index in [4.69, 9.17) is 9.84 Å². The van der Waals surface area contributed by atoms with E-state index < -0.39 is 11.9 Å². The van der Waals surface area contributed by atoms with Gasteiger partial charge in [0, 0.05) is 12.6 Å². The number of aliphatic carboxylic acids is 1. The number of rotatable bonds is 5. The second-order valence-electron chi connectivity index (χ2n) is 3.21. The standard InChI is InChI=1S/C10H14N2O3/c1-7(10(13)14)5-11-8-3-4-9(15-2)12-6-8/h3-4,6-7,11H,5H2,1-2H3,(H,13,14). The predicted molar refractivity (Wildman–Crippen MR) is 56.1 cm³/mol. The molecule has 0 saturated carbocycles. The van der Waals surface area contributed by atoms with Crippen LogP contribution in [0.3, 0.4) is 0 Å². The maximum Gasteiger partial charge on any atom is 0.308 e. The summed E-state index contributed by atoms with van der Waals surface area (Å²) in [5, 5.41) is 11.6. The lowest BCUT2D eigenvalue weighted by atomic mass is 10.2. The number of hydrogen-bond acceptors (Lipinski definition) is 4. The highest BCUT2D eigenvalue weighted by Gasteiger charge is 2.09. The number of methoxy groups -OCH3 is 1. The molecule has 0 saturated heterocycles. The Morgan fingerprint density at radius 1 is 1.67 bits per heavy atom. The second kappa shape index (κ2) is 5.19. The van der Waals surface area contributed by atoms with Gasteiger partial charge in [-0.25, -0.2) is 4.98 Å². The van der Waals surface area contributed by atoms with Gasteiger partial charge >= 0.3 is 5.97 Å². The molecule has 0 aromatic carbocycles. The van der Waals surface area contributed by atoms with Crippen LogP contribution in [-0.4, -0.2) is 29.7 Å². The fraction of sp³-hybridized carbons (Fsp3) is 0.400. The number of nitrogens with zero attached hydrogens (tertiary/aromatic N) is 1. The number of carbonyl (C=O) groups is 1. The van der Waals surface area contributed by atoms with Gasteiger partial charge in [0.1, 0.15) is 0 Å². The first-order valence-corrected chi connectivity index (χ1v) is 4.60. The zero-order chi connectivity index (χ0) is 11.3. The topological polar surface area (TPSA) is 71.5 Å². The minimum absolute atomic E-state index is 0.378. The van der Waals surface area contributed by atoms with Gasteiger partial charge < -0.3 is 15.2 Å². The normalized spacial score (nSPS) is 11.9. The molecule has 1 aromatic heterocycles. The van der Waals surface area contributed by atoms with Gasteiger partial charge in [0.05, 0.1) is 24.9 Å². The highest BCUT2D eigenvalue weighted by Crippen LogP contribution is 2.11. The smallest absolute Gasteiger partial charge is 0.308 e. The number of hydrogen-bond donors (Lipinski definition) is 2. The first kappa shape index (κ1) is 11.3. The van der Waals surface area contributed by atoms with Crippen LogP contribution >= 0.6 is 0 Å². The van der Waals surface area contributed by atoms with E-state index in [-0.39, 0.29) is 0 Å². The van der Waals surface area contributed by atoms with Crippen LogP contribution in [0.4, 0.5) is 5.69 Å². The molecule has 5 heteroatoms. The minimum atomic E-state index is -0.816. The maximum absolute atomic E-state index is 10.5. The highest BCUT2D eigenvalue weighted by molar-refractivity contribution is 5.70. The largest absolute Gasteiger partial charge is 0.481 e. The maximum atomic E-state index is 10.5. The summed E-state index contributed by atoms with van der Waals surface area (Å²) in [4.78, 5) is 14.5. The highest BCUT2D eigenvalue weighted by atomic mass is 16.5. The Morgan fingerprint density at radius 2 is 2.40 bits per heavy atom. The summed E-state index contributed by atoms with van der Waals surface area (Å²) in [7, 11) is 1.54. The van der Waals surface area contributed by atoms with E-state index in [2.05, 4.69) is 10.3 Å². The molecule has 0 fully saturated rings. The molecule has 1 aromatic rings. The van der Waals surface area contributed by atoms with Gasteiger partial charge in [0.25, 0.3) is 0 Å². The van der Waals surface area contributed by atoms with Gasteiger partial charge in [-0.15, -0.1) is 0 Å². The molecule has 82 valence electrons. The molecule has 1 unspecified atom stereocenters. The van der Waals surface area contributed by atoms with Crippen molar-refractivity contribution >= 4 is 11.7 Å². The number of carboxylic acid groups (broad SMARTS) is 1. The summed E-state index contributed by atoms with van der Waals surface area (Å²) in [5.74, 6) is -0.706. The van der Waals surface area contributed by atoms with Crippen molar-refractivity contribution in [1.82, 2.24) is 4.98 Å². The van der Waals surface area contributed by atoms with E-state index in [1.54, 1.807) is 32.4 Å². The number of anilines is 1. The van der Waals surface area contributed by atoms with Crippen LogP contribution in [0.15, 0.2) is 18.3 Å². The molecule has 0 aliphatic rings. The molecule has 0 amide bonds. The fourth-order valence-corrected chi connectivity index (χ4v) is 0.964. The van der Waals surface area contributed by atoms with Gasteiger partial charge in [-0.05, 0) is 6.07 Å². The van der Waals surface area contributed by atoms with Crippen molar-refractivity contribution in [2.24, 2.45) is 5.92 Å². The lowest BCUT2D eigenvalue weighted by molar-refractivity contribution is -0.140. The van der Waals surface area contributed by atoms with E-state index in [0.717, 1.165) is 5.69 Å². The quantitative estimate of drug-likeness (QED) is 0.764. The molecular formula is C10H14N2O3. The Kier molecular flexibility index (Phi) is 3.91. The molecule has 1 rings (SSSR count). The SMILES string of the molecule is COc1ccc(NCC(C)C(=O)O)cn1. The average molecular weight is 210 g/mol. The van der Waals surface area contributed by atoms with Gasteiger partial charge in [0.15, 0.2) is 0 Å². The summed E-state index contributed by atoms with van der Waals surface area (Å²) in [6.45, 7) is 2.02. The van der Waals surface area contributed by atoms with E-state index in [1.807, 2.05) is 0 Å². The fourth-order valence-electron chi connectivity index (χ4n) is 0.964. The molecule has 0 radical (unpaired) electrons. The Hall–Kier alpha value is -1.78. The molecule has 1 heterocycles. The third-order valence-electron chi connectivity index (χ3n) is 1.98. The van der Waals surface area contributed by atoms with E-state index >= 15 is 0 Å². The lowest BCUT2D eigenvalue weighted by Crippen LogP contribution is -2.19. The Balaban J connectivity index is 2.47. The van der Waals surface area contributed by atoms with Gasteiger partial charge in [-0.2, -0.15) is 0 Å². The van der Waals surface area contributed by atoms with Gasteiger partial charge in [-0.1, -0.05) is 6.92 Å². The average Bonchev–Trinajstić information content (AvgIpc) is 2.26. The number of pyridine rings is 1. The van der Waals surface area contributed by atoms with Crippen molar-refractivity contribution in [2.75, 3.05) is 19.0 Å². The first-order valence-electron chi connectivity index (χ1n) is 4.60. The molecule has 5 nitrogen and oxygen atoms in total. The third kappa shape index (κ3) is 3.46. The number of carboxylic acids is 1. The summed E-state index contributed by atoms with van der Waals surface area (Å²) in [5.41, 5.74) is 0.781. The van der Waals surface area contributed by atoms with Crippen molar-refractivity contribution in [1.29, 1.82) is 0 Å². The number of nitrogens with one attached hydrogen (secondary N) is 1. The van der Waals surface area contributed by atoms with Crippen molar-refractivity contribution < 1.29 is 14.6 Å². The van der Waals surface area contributed by atoms with E-state index in [9.17, 15) is 4.79 Å². The monoisotopic (exact) mass is 210 g/mol. The second-order valence-corrected chi connectivity index (χ2v) is 3.21. The zero-order valence-electron chi connectivity index (χ0n) is 8.73. The zero-order valence-corrected chi connectivity index (χ0v) is 8.73. The van der Waals surface area contributed by atoms with Crippen LogP contribution in [-0.2, 0) is 4.79 Å². The Morgan fingerprint density at radius 3 is 2.87 bits per heavy atom. The van der Waals surface area contributed by atoms with Crippen LogP contribution in [0.5, 0.6) is 5.88 Å². The van der Waals surface area contributed by atoms with Crippen molar-refractivity contribution in [2.45, 2.75) is 6.92 Å². The molecule has 2 N–H and O–H groups in total. The van der Waals surface area contributed by atoms with Gasteiger partial charge in [0.2, 0.25) is 5.88 Å². The van der Waals surface area contributed by atoms with Crippen LogP contribution in [0.25, 0.3) is 0 Å². The van der Waals surface area contributed by atoms with Crippen molar-refractivity contribution in [3.8, 4) is 5.88 Å². The van der Waals surface area contributed by atoms with Gasteiger partial charge in [-0.3, -0.25) is 4.79 Å². The molecule has 1 atom stereocenters. The summed E-state index contributed by atoms with van der Waals surface area (Å²) >= 11 is 0. The predicted octanol–water partition coefficient (Wildman–Crippen LogP) is 1.22. The van der Waals surface area contributed by atoms with Crippen molar-refractivity contribution in [3.63, 3.8) is 0 Å². The van der Waals surface area contributed by atoms with Crippen LogP contribution < -0.4 is 10.1 Å². The Labute approximate surface area is 88.1 Å². The van der Waals surface area contributed by atoms with E-state index in [0.29, 0.717) is 12.4 Å². The van der Waals surface area contributed by atoms with Crippen molar-refractivity contribution in [3.05, 3.63) is 18.3 Å². The minimum Gasteiger partial charge on any atom is -0.481 e. The molecule has 15 heavy (non-hydrogen) atoms. The van der Waals surface area contributed by atoms with Crippen LogP contribution in [0, 0.1) is 5.92 Å². The number of ether oxygens (including phenoxy) is 1. The summed E-state index contributed by atoms with van der Waals surface area (Å²) < 4.78 is 4.90. The molecule has 0 bridgehead atoms. The summed E-state index contributed by atoms with van der Waals surface area (Å²) in [6, 6.07) is 3.51. The first-order chi connectivity index (χ1) is 7.13. The molecule has 0 aliphatic carbocycles.